The Kier molecular flexibility index (Phi) is 15.7. The number of hydrogen-bond acceptors (Lipinski definition) is 2. The third-order valence-electron chi connectivity index (χ3n) is 1.66. The molecule has 0 bridgehead atoms. The number of carbonyl (C=O) groups excluding carboxylic acids is 1. The summed E-state index contributed by atoms with van der Waals surface area (Å²) >= 11 is 0. The minimum absolute atomic E-state index is 0.359. The van der Waals surface area contributed by atoms with Crippen LogP contribution in [0, 0.1) is 0 Å². The van der Waals surface area contributed by atoms with Crippen molar-refractivity contribution in [3.8, 4) is 0 Å². The Morgan fingerprint density at radius 2 is 1.63 bits per heavy atom. The molecule has 0 spiro atoms. The van der Waals surface area contributed by atoms with Gasteiger partial charge in [0.2, 0.25) is 0 Å². The van der Waals surface area contributed by atoms with Crippen molar-refractivity contribution in [2.45, 2.75) is 6.92 Å². The molecule has 19 heavy (non-hydrogen) atoms. The van der Waals surface area contributed by atoms with E-state index >= 15 is 0 Å². The number of allylic oxidation sites excluding steroid dienone is 2. The zero-order valence-corrected chi connectivity index (χ0v) is 11.5. The fraction of sp³-hybridized carbons (Fsp3) is 0.118. The second-order valence-electron chi connectivity index (χ2n) is 3.04. The lowest BCUT2D eigenvalue weighted by Crippen LogP contribution is -1.97. The van der Waals surface area contributed by atoms with E-state index in [1.54, 1.807) is 19.1 Å². The van der Waals surface area contributed by atoms with Crippen LogP contribution in [0.2, 0.25) is 0 Å². The molecule has 0 unspecified atom stereocenters. The van der Waals surface area contributed by atoms with Crippen molar-refractivity contribution in [2.24, 2.45) is 0 Å². The van der Waals surface area contributed by atoms with Gasteiger partial charge in [-0.2, -0.15) is 0 Å². The predicted molar refractivity (Wildman–Crippen MR) is 83.8 cm³/mol. The SMILES string of the molecule is C=CC(=O)OCC.C=CC=C.C=Cc1ccccc1. The van der Waals surface area contributed by atoms with Crippen LogP contribution in [0.15, 0.2) is 74.9 Å². The van der Waals surface area contributed by atoms with Gasteiger partial charge in [-0.15, -0.1) is 0 Å². The van der Waals surface area contributed by atoms with E-state index in [2.05, 4.69) is 31.1 Å². The van der Waals surface area contributed by atoms with Crippen molar-refractivity contribution in [3.63, 3.8) is 0 Å². The largest absolute Gasteiger partial charge is 0.463 e. The normalized spacial score (nSPS) is 7.42. The zero-order valence-electron chi connectivity index (χ0n) is 11.5. The Hall–Kier alpha value is -2.35. The van der Waals surface area contributed by atoms with Crippen LogP contribution in [0.4, 0.5) is 0 Å². The molecule has 0 aromatic heterocycles. The van der Waals surface area contributed by atoms with Gasteiger partial charge in [-0.3, -0.25) is 0 Å². The van der Waals surface area contributed by atoms with Crippen LogP contribution in [0.1, 0.15) is 12.5 Å². The van der Waals surface area contributed by atoms with E-state index in [0.29, 0.717) is 6.61 Å². The molecular formula is C17H22O2. The standard InChI is InChI=1S/C8H8.C5H8O2.C4H6/c1-2-8-6-4-3-5-7-8;1-3-5(6)7-4-2;1-3-4-2/h2-7H,1H2;3H,1,4H2,2H3;3-4H,1-2H2. The molecule has 0 aliphatic rings. The predicted octanol–water partition coefficient (Wildman–Crippen LogP) is 4.42. The average Bonchev–Trinajstić information content (AvgIpc) is 2.49. The molecule has 2 heteroatoms. The second kappa shape index (κ2) is 15.7. The summed E-state index contributed by atoms with van der Waals surface area (Å²) in [5, 5.41) is 0. The molecule has 0 aliphatic heterocycles. The lowest BCUT2D eigenvalue weighted by atomic mass is 10.2. The molecule has 2 nitrogen and oxygen atoms in total. The lowest BCUT2D eigenvalue weighted by molar-refractivity contribution is -0.137. The molecule has 0 aliphatic carbocycles. The molecule has 0 N–H and O–H groups in total. The van der Waals surface area contributed by atoms with Gasteiger partial charge in [0.1, 0.15) is 0 Å². The van der Waals surface area contributed by atoms with Crippen LogP contribution in [0.3, 0.4) is 0 Å². The molecule has 1 aromatic rings. The highest BCUT2D eigenvalue weighted by atomic mass is 16.5. The lowest BCUT2D eigenvalue weighted by Gasteiger charge is -1.90. The minimum Gasteiger partial charge on any atom is -0.463 e. The Balaban J connectivity index is 0. The highest BCUT2D eigenvalue weighted by Crippen LogP contribution is 1.97. The Bertz CT molecular complexity index is 372. The summed E-state index contributed by atoms with van der Waals surface area (Å²) in [6.07, 6.45) is 6.25. The van der Waals surface area contributed by atoms with Crippen molar-refractivity contribution in [1.82, 2.24) is 0 Å². The maximum absolute atomic E-state index is 10.1. The first-order chi connectivity index (χ1) is 9.15. The average molecular weight is 258 g/mol. The summed E-state index contributed by atoms with van der Waals surface area (Å²) in [5.41, 5.74) is 1.17. The van der Waals surface area contributed by atoms with Crippen LogP contribution in [-0.2, 0) is 9.53 Å². The number of hydrogen-bond donors (Lipinski definition) is 0. The molecule has 102 valence electrons. The van der Waals surface area contributed by atoms with E-state index in [4.69, 9.17) is 0 Å². The summed E-state index contributed by atoms with van der Waals surface area (Å²) in [5.74, 6) is -0.359. The smallest absolute Gasteiger partial charge is 0.330 e. The Morgan fingerprint density at radius 1 is 1.11 bits per heavy atom. The third-order valence-corrected chi connectivity index (χ3v) is 1.66. The number of carbonyl (C=O) groups is 1. The van der Waals surface area contributed by atoms with Crippen LogP contribution in [-0.4, -0.2) is 12.6 Å². The van der Waals surface area contributed by atoms with Gasteiger partial charge in [0, 0.05) is 6.08 Å². The Labute approximate surface area is 116 Å². The first-order valence-electron chi connectivity index (χ1n) is 5.86. The molecule has 0 saturated carbocycles. The quantitative estimate of drug-likeness (QED) is 0.454. The highest BCUT2D eigenvalue weighted by molar-refractivity contribution is 5.81. The number of ether oxygens (including phenoxy) is 1. The van der Waals surface area contributed by atoms with Crippen LogP contribution >= 0.6 is 0 Å². The maximum Gasteiger partial charge on any atom is 0.330 e. The molecule has 0 atom stereocenters. The molecule has 1 rings (SSSR count). The van der Waals surface area contributed by atoms with Gasteiger partial charge >= 0.3 is 5.97 Å². The van der Waals surface area contributed by atoms with Crippen molar-refractivity contribution >= 4 is 12.0 Å². The monoisotopic (exact) mass is 258 g/mol. The number of rotatable bonds is 4. The molecular weight excluding hydrogens is 236 g/mol. The number of esters is 1. The minimum atomic E-state index is -0.359. The summed E-state index contributed by atoms with van der Waals surface area (Å²) in [4.78, 5) is 10.1. The van der Waals surface area contributed by atoms with Crippen LogP contribution in [0.5, 0.6) is 0 Å². The first-order valence-corrected chi connectivity index (χ1v) is 5.86. The summed E-state index contributed by atoms with van der Waals surface area (Å²) < 4.78 is 4.43. The van der Waals surface area contributed by atoms with E-state index in [0.717, 1.165) is 6.08 Å². The van der Waals surface area contributed by atoms with Crippen molar-refractivity contribution in [1.29, 1.82) is 0 Å². The van der Waals surface area contributed by atoms with Gasteiger partial charge in [-0.25, -0.2) is 4.79 Å². The molecule has 0 fully saturated rings. The van der Waals surface area contributed by atoms with E-state index in [9.17, 15) is 4.79 Å². The van der Waals surface area contributed by atoms with E-state index in [1.807, 2.05) is 36.4 Å². The Morgan fingerprint density at radius 3 is 1.84 bits per heavy atom. The zero-order chi connectivity index (χ0) is 14.9. The summed E-state index contributed by atoms with van der Waals surface area (Å²) in [7, 11) is 0. The van der Waals surface area contributed by atoms with Crippen molar-refractivity contribution < 1.29 is 9.53 Å². The van der Waals surface area contributed by atoms with Crippen LogP contribution < -0.4 is 0 Å². The second-order valence-corrected chi connectivity index (χ2v) is 3.04. The van der Waals surface area contributed by atoms with Gasteiger partial charge in [0.25, 0.3) is 0 Å². The van der Waals surface area contributed by atoms with Gasteiger partial charge < -0.3 is 4.74 Å². The van der Waals surface area contributed by atoms with Gasteiger partial charge in [0.05, 0.1) is 6.61 Å². The first kappa shape index (κ1) is 19.0. The molecule has 0 amide bonds. The van der Waals surface area contributed by atoms with Gasteiger partial charge in [-0.05, 0) is 12.5 Å². The van der Waals surface area contributed by atoms with Crippen molar-refractivity contribution in [2.75, 3.05) is 6.61 Å². The maximum atomic E-state index is 10.1. The highest BCUT2D eigenvalue weighted by Gasteiger charge is 1.86. The fourth-order valence-corrected chi connectivity index (χ4v) is 0.790. The van der Waals surface area contributed by atoms with Gasteiger partial charge in [-0.1, -0.05) is 74.9 Å². The summed E-state index contributed by atoms with van der Waals surface area (Å²) in [6.45, 7) is 15.7. The van der Waals surface area contributed by atoms with E-state index in [1.165, 1.54) is 5.56 Å². The molecule has 0 radical (unpaired) electrons. The van der Waals surface area contributed by atoms with Crippen molar-refractivity contribution in [3.05, 3.63) is 80.4 Å². The van der Waals surface area contributed by atoms with Crippen LogP contribution in [0.25, 0.3) is 6.08 Å². The molecule has 1 aromatic carbocycles. The third kappa shape index (κ3) is 15.7. The topological polar surface area (TPSA) is 26.3 Å². The number of benzene rings is 1. The van der Waals surface area contributed by atoms with E-state index < -0.39 is 0 Å². The van der Waals surface area contributed by atoms with Gasteiger partial charge in [0.15, 0.2) is 0 Å². The molecule has 0 saturated heterocycles. The fourth-order valence-electron chi connectivity index (χ4n) is 0.790. The summed E-state index contributed by atoms with van der Waals surface area (Å²) in [6, 6.07) is 10.0. The molecule has 0 heterocycles. The van der Waals surface area contributed by atoms with E-state index in [-0.39, 0.29) is 5.97 Å².